The third-order valence-electron chi connectivity index (χ3n) is 2.84. The molecule has 0 amide bonds. The summed E-state index contributed by atoms with van der Waals surface area (Å²) in [5, 5.41) is 0. The second-order valence-electron chi connectivity index (χ2n) is 4.51. The smallest absolute Gasteiger partial charge is 0.159 e. The van der Waals surface area contributed by atoms with Gasteiger partial charge in [-0.3, -0.25) is 0 Å². The maximum Gasteiger partial charge on any atom is 0.159 e. The van der Waals surface area contributed by atoms with Crippen LogP contribution in [0.1, 0.15) is 24.1 Å². The van der Waals surface area contributed by atoms with E-state index in [1.807, 2.05) is 0 Å². The molecule has 0 spiro atoms. The number of halogens is 3. The van der Waals surface area contributed by atoms with Gasteiger partial charge < -0.3 is 10.5 Å². The van der Waals surface area contributed by atoms with Crippen molar-refractivity contribution in [3.05, 3.63) is 65.0 Å². The second kappa shape index (κ2) is 5.96. The lowest BCUT2D eigenvalue weighted by Crippen LogP contribution is -2.08. The fourth-order valence-electron chi connectivity index (χ4n) is 1.80. The van der Waals surface area contributed by atoms with Crippen LogP contribution in [0, 0.1) is 17.5 Å². The third kappa shape index (κ3) is 3.30. The number of nitrogens with two attached hydrogens (primary N) is 1. The molecule has 2 N–H and O–H groups in total. The first-order chi connectivity index (χ1) is 9.47. The molecule has 2 nitrogen and oxygen atoms in total. The summed E-state index contributed by atoms with van der Waals surface area (Å²) in [6.45, 7) is 1.75. The van der Waals surface area contributed by atoms with Crippen molar-refractivity contribution >= 4 is 0 Å². The minimum Gasteiger partial charge on any atom is -0.488 e. The average molecular weight is 281 g/mol. The minimum atomic E-state index is -0.947. The zero-order chi connectivity index (χ0) is 14.7. The van der Waals surface area contributed by atoms with Gasteiger partial charge in [0.2, 0.25) is 0 Å². The number of rotatable bonds is 4. The lowest BCUT2D eigenvalue weighted by molar-refractivity contribution is 0.298. The van der Waals surface area contributed by atoms with Gasteiger partial charge >= 0.3 is 0 Å². The SMILES string of the molecule is C[C@@H](N)c1ccc(F)cc1OCc1ccc(F)c(F)c1. The molecular formula is C15H14F3NO. The Morgan fingerprint density at radius 1 is 1.05 bits per heavy atom. The Morgan fingerprint density at radius 2 is 1.80 bits per heavy atom. The van der Waals surface area contributed by atoms with Gasteiger partial charge in [-0.25, -0.2) is 13.2 Å². The summed E-state index contributed by atoms with van der Waals surface area (Å²) in [5.74, 6) is -2.02. The van der Waals surface area contributed by atoms with E-state index in [0.717, 1.165) is 12.1 Å². The topological polar surface area (TPSA) is 35.2 Å². The molecule has 0 fully saturated rings. The maximum atomic E-state index is 13.2. The zero-order valence-corrected chi connectivity index (χ0v) is 10.9. The lowest BCUT2D eigenvalue weighted by atomic mass is 10.1. The van der Waals surface area contributed by atoms with Gasteiger partial charge in [0.05, 0.1) is 0 Å². The molecule has 2 aromatic rings. The Bertz CT molecular complexity index is 614. The van der Waals surface area contributed by atoms with Crippen molar-refractivity contribution in [1.29, 1.82) is 0 Å². The number of hydrogen-bond acceptors (Lipinski definition) is 2. The molecule has 2 aromatic carbocycles. The van der Waals surface area contributed by atoms with E-state index >= 15 is 0 Å². The fraction of sp³-hybridized carbons (Fsp3) is 0.200. The van der Waals surface area contributed by atoms with Gasteiger partial charge in [0, 0.05) is 17.7 Å². The van der Waals surface area contributed by atoms with Crippen LogP contribution in [0.25, 0.3) is 0 Å². The molecule has 1 atom stereocenters. The first kappa shape index (κ1) is 14.4. The number of ether oxygens (including phenoxy) is 1. The number of hydrogen-bond donors (Lipinski definition) is 1. The molecule has 0 heterocycles. The van der Waals surface area contributed by atoms with Gasteiger partial charge in [-0.05, 0) is 30.7 Å². The van der Waals surface area contributed by atoms with Crippen molar-refractivity contribution in [3.63, 3.8) is 0 Å². The molecule has 0 saturated carbocycles. The van der Waals surface area contributed by atoms with Crippen LogP contribution in [0.5, 0.6) is 5.75 Å². The summed E-state index contributed by atoms with van der Waals surface area (Å²) in [6.07, 6.45) is 0. The standard InChI is InChI=1S/C15H14F3NO/c1-9(19)12-4-3-11(16)7-15(12)20-8-10-2-5-13(17)14(18)6-10/h2-7,9H,8,19H2,1H3/t9-/m1/s1. The highest BCUT2D eigenvalue weighted by atomic mass is 19.2. The molecule has 0 aromatic heterocycles. The van der Waals surface area contributed by atoms with Crippen molar-refractivity contribution in [2.45, 2.75) is 19.6 Å². The molecule has 0 aliphatic heterocycles. The van der Waals surface area contributed by atoms with Gasteiger partial charge in [-0.2, -0.15) is 0 Å². The first-order valence-corrected chi connectivity index (χ1v) is 6.09. The normalized spacial score (nSPS) is 12.2. The van der Waals surface area contributed by atoms with E-state index < -0.39 is 17.5 Å². The van der Waals surface area contributed by atoms with Crippen LogP contribution >= 0.6 is 0 Å². The van der Waals surface area contributed by atoms with Crippen LogP contribution in [-0.2, 0) is 6.61 Å². The molecule has 5 heteroatoms. The van der Waals surface area contributed by atoms with Crippen molar-refractivity contribution in [2.75, 3.05) is 0 Å². The molecule has 0 aliphatic carbocycles. The largest absolute Gasteiger partial charge is 0.488 e. The van der Waals surface area contributed by atoms with Crippen LogP contribution in [0.4, 0.5) is 13.2 Å². The predicted molar refractivity (Wildman–Crippen MR) is 69.7 cm³/mol. The van der Waals surface area contributed by atoms with E-state index in [9.17, 15) is 13.2 Å². The Balaban J connectivity index is 2.17. The predicted octanol–water partition coefficient (Wildman–Crippen LogP) is 3.70. The second-order valence-corrected chi connectivity index (χ2v) is 4.51. The molecule has 20 heavy (non-hydrogen) atoms. The zero-order valence-electron chi connectivity index (χ0n) is 10.9. The van der Waals surface area contributed by atoms with Gasteiger partial charge in [-0.15, -0.1) is 0 Å². The highest BCUT2D eigenvalue weighted by molar-refractivity contribution is 5.36. The Labute approximate surface area is 115 Å². The summed E-state index contributed by atoms with van der Waals surface area (Å²) < 4.78 is 44.5. The fourth-order valence-corrected chi connectivity index (χ4v) is 1.80. The maximum absolute atomic E-state index is 13.2. The van der Waals surface area contributed by atoms with Gasteiger partial charge in [0.25, 0.3) is 0 Å². The van der Waals surface area contributed by atoms with E-state index in [4.69, 9.17) is 10.5 Å². The quantitative estimate of drug-likeness (QED) is 0.927. The summed E-state index contributed by atoms with van der Waals surface area (Å²) >= 11 is 0. The highest BCUT2D eigenvalue weighted by Gasteiger charge is 2.10. The van der Waals surface area contributed by atoms with Crippen molar-refractivity contribution < 1.29 is 17.9 Å². The van der Waals surface area contributed by atoms with E-state index in [1.54, 1.807) is 13.0 Å². The van der Waals surface area contributed by atoms with E-state index in [1.165, 1.54) is 18.2 Å². The minimum absolute atomic E-state index is 0.000370. The highest BCUT2D eigenvalue weighted by Crippen LogP contribution is 2.25. The summed E-state index contributed by atoms with van der Waals surface area (Å²) in [5.41, 5.74) is 6.86. The molecule has 2 rings (SSSR count). The Hall–Kier alpha value is -2.01. The van der Waals surface area contributed by atoms with Crippen LogP contribution in [0.2, 0.25) is 0 Å². The summed E-state index contributed by atoms with van der Waals surface area (Å²) in [7, 11) is 0. The van der Waals surface area contributed by atoms with E-state index in [-0.39, 0.29) is 12.6 Å². The molecule has 0 unspecified atom stereocenters. The average Bonchev–Trinajstić information content (AvgIpc) is 2.40. The summed E-state index contributed by atoms with van der Waals surface area (Å²) in [4.78, 5) is 0. The van der Waals surface area contributed by atoms with E-state index in [0.29, 0.717) is 16.9 Å². The van der Waals surface area contributed by atoms with Gasteiger partial charge in [0.15, 0.2) is 11.6 Å². The molecule has 0 radical (unpaired) electrons. The summed E-state index contributed by atoms with van der Waals surface area (Å²) in [6, 6.07) is 7.20. The van der Waals surface area contributed by atoms with E-state index in [2.05, 4.69) is 0 Å². The van der Waals surface area contributed by atoms with Crippen LogP contribution in [0.3, 0.4) is 0 Å². The molecule has 0 saturated heterocycles. The monoisotopic (exact) mass is 281 g/mol. The molecule has 0 bridgehead atoms. The molecular weight excluding hydrogens is 267 g/mol. The Morgan fingerprint density at radius 3 is 2.45 bits per heavy atom. The number of benzene rings is 2. The molecule has 0 aliphatic rings. The van der Waals surface area contributed by atoms with Gasteiger partial charge in [0.1, 0.15) is 18.2 Å². The molecule has 106 valence electrons. The van der Waals surface area contributed by atoms with Crippen LogP contribution in [-0.4, -0.2) is 0 Å². The first-order valence-electron chi connectivity index (χ1n) is 6.09. The third-order valence-corrected chi connectivity index (χ3v) is 2.84. The van der Waals surface area contributed by atoms with Gasteiger partial charge in [-0.1, -0.05) is 12.1 Å². The lowest BCUT2D eigenvalue weighted by Gasteiger charge is -2.14. The van der Waals surface area contributed by atoms with Crippen molar-refractivity contribution in [1.82, 2.24) is 0 Å². The Kier molecular flexibility index (Phi) is 4.29. The van der Waals surface area contributed by atoms with Crippen LogP contribution in [0.15, 0.2) is 36.4 Å². The van der Waals surface area contributed by atoms with Crippen molar-refractivity contribution in [3.8, 4) is 5.75 Å². The van der Waals surface area contributed by atoms with Crippen LogP contribution < -0.4 is 10.5 Å². The van der Waals surface area contributed by atoms with Crippen molar-refractivity contribution in [2.24, 2.45) is 5.73 Å².